The highest BCUT2D eigenvalue weighted by atomic mass is 15.3. The summed E-state index contributed by atoms with van der Waals surface area (Å²) < 4.78 is 34.5. The molecule has 2 aromatic rings. The summed E-state index contributed by atoms with van der Waals surface area (Å²) in [5, 5.41) is 0. The molecule has 102 valence electrons. The van der Waals surface area contributed by atoms with E-state index < -0.39 is 19.0 Å². The number of anilines is 1. The Morgan fingerprint density at radius 1 is 1.20 bits per heavy atom. The molecule has 0 amide bonds. The van der Waals surface area contributed by atoms with Crippen LogP contribution in [0.15, 0.2) is 42.6 Å². The third-order valence-corrected chi connectivity index (χ3v) is 3.91. The molecule has 0 aliphatic carbocycles. The Labute approximate surface area is 125 Å². The lowest BCUT2D eigenvalue weighted by Gasteiger charge is -2.41. The third-order valence-electron chi connectivity index (χ3n) is 3.91. The van der Waals surface area contributed by atoms with Gasteiger partial charge >= 0.3 is 0 Å². The van der Waals surface area contributed by atoms with Crippen LogP contribution < -0.4 is 4.90 Å². The van der Waals surface area contributed by atoms with E-state index in [0.717, 1.165) is 16.7 Å². The predicted molar refractivity (Wildman–Crippen MR) is 81.1 cm³/mol. The van der Waals surface area contributed by atoms with E-state index in [4.69, 9.17) is 5.48 Å². The highest BCUT2D eigenvalue weighted by Gasteiger charge is 2.32. The maximum absolute atomic E-state index is 8.66. The fourth-order valence-corrected chi connectivity index (χ4v) is 2.94. The summed E-state index contributed by atoms with van der Waals surface area (Å²) in [7, 11) is 1.64. The van der Waals surface area contributed by atoms with Crippen molar-refractivity contribution in [3.8, 4) is 0 Å². The molecule has 1 unspecified atom stereocenters. The fraction of sp³-hybridized carbons (Fsp3) is 0.353. The van der Waals surface area contributed by atoms with Gasteiger partial charge in [-0.1, -0.05) is 30.3 Å². The number of hydrogen-bond acceptors (Lipinski definition) is 3. The van der Waals surface area contributed by atoms with Gasteiger partial charge in [0.1, 0.15) is 5.82 Å². The second kappa shape index (κ2) is 4.60. The molecule has 1 aromatic carbocycles. The Kier molecular flexibility index (Phi) is 1.94. The molecule has 1 atom stereocenters. The van der Waals surface area contributed by atoms with Gasteiger partial charge in [-0.15, -0.1) is 0 Å². The van der Waals surface area contributed by atoms with Gasteiger partial charge in [0.15, 0.2) is 0 Å². The molecule has 3 heteroatoms. The Hall–Kier alpha value is -1.87. The maximum atomic E-state index is 8.66. The summed E-state index contributed by atoms with van der Waals surface area (Å²) >= 11 is 0. The fourth-order valence-electron chi connectivity index (χ4n) is 2.94. The van der Waals surface area contributed by atoms with Crippen molar-refractivity contribution in [2.75, 3.05) is 31.5 Å². The van der Waals surface area contributed by atoms with Crippen LogP contribution in [0, 0.1) is 0 Å². The molecule has 0 radical (unpaired) electrons. The van der Waals surface area contributed by atoms with Crippen molar-refractivity contribution in [3.63, 3.8) is 0 Å². The van der Waals surface area contributed by atoms with Crippen molar-refractivity contribution < 1.29 is 5.48 Å². The van der Waals surface area contributed by atoms with Crippen molar-refractivity contribution in [1.29, 1.82) is 0 Å². The lowest BCUT2D eigenvalue weighted by atomic mass is 9.96. The van der Waals surface area contributed by atoms with Gasteiger partial charge in [-0.05, 0) is 29.8 Å². The molecule has 4 rings (SSSR count). The summed E-state index contributed by atoms with van der Waals surface area (Å²) in [5.74, 6) is 0.542. The lowest BCUT2D eigenvalue weighted by molar-refractivity contribution is 0.268. The minimum Gasteiger partial charge on any atom is -0.347 e. The van der Waals surface area contributed by atoms with E-state index in [1.165, 1.54) is 4.90 Å². The Morgan fingerprint density at radius 3 is 3.00 bits per heavy atom. The molecule has 1 saturated heterocycles. The average molecular weight is 269 g/mol. The van der Waals surface area contributed by atoms with Crippen LogP contribution in [0.5, 0.6) is 0 Å². The SMILES string of the molecule is [2H]C1([2H])CN(C)C([2H])([2H])C2c3ccccc3Cc3cccnc3N21. The van der Waals surface area contributed by atoms with Gasteiger partial charge in [0, 0.05) is 34.9 Å². The van der Waals surface area contributed by atoms with Gasteiger partial charge in [-0.3, -0.25) is 0 Å². The molecule has 0 N–H and O–H groups in total. The van der Waals surface area contributed by atoms with E-state index in [2.05, 4.69) is 4.98 Å². The van der Waals surface area contributed by atoms with E-state index in [-0.39, 0.29) is 6.54 Å². The van der Waals surface area contributed by atoms with E-state index in [0.29, 0.717) is 12.2 Å². The first-order chi connectivity index (χ1) is 11.3. The molecule has 3 nitrogen and oxygen atoms in total. The number of fused-ring (bicyclic) bond motifs is 5. The molecule has 20 heavy (non-hydrogen) atoms. The summed E-state index contributed by atoms with van der Waals surface area (Å²) in [6.45, 7) is -3.44. The van der Waals surface area contributed by atoms with Crippen molar-refractivity contribution in [2.45, 2.75) is 12.5 Å². The van der Waals surface area contributed by atoms with Crippen LogP contribution in [0.1, 0.15) is 28.2 Å². The van der Waals surface area contributed by atoms with Crippen LogP contribution in [0.3, 0.4) is 0 Å². The van der Waals surface area contributed by atoms with Gasteiger partial charge < -0.3 is 9.80 Å². The monoisotopic (exact) mass is 269 g/mol. The average Bonchev–Trinajstić information content (AvgIpc) is 2.68. The molecule has 3 heterocycles. The number of hydrogen-bond donors (Lipinski definition) is 0. The number of aromatic nitrogens is 1. The molecule has 2 aliphatic heterocycles. The smallest absolute Gasteiger partial charge is 0.132 e. The van der Waals surface area contributed by atoms with Crippen LogP contribution in [0.25, 0.3) is 0 Å². The van der Waals surface area contributed by atoms with Crippen molar-refractivity contribution >= 4 is 5.82 Å². The number of pyridine rings is 1. The Balaban J connectivity index is 2.04. The molecule has 1 fully saturated rings. The topological polar surface area (TPSA) is 19.4 Å². The molecular formula is C17H19N3. The van der Waals surface area contributed by atoms with Gasteiger partial charge in [0.05, 0.1) is 8.78 Å². The number of nitrogens with zero attached hydrogens (tertiary/aromatic N) is 3. The summed E-state index contributed by atoms with van der Waals surface area (Å²) in [6, 6.07) is 10.8. The van der Waals surface area contributed by atoms with Gasteiger partial charge in [0.25, 0.3) is 0 Å². The zero-order chi connectivity index (χ0) is 17.1. The second-order valence-corrected chi connectivity index (χ2v) is 5.28. The van der Waals surface area contributed by atoms with E-state index in [1.54, 1.807) is 18.1 Å². The largest absolute Gasteiger partial charge is 0.347 e. The molecule has 2 aliphatic rings. The first-order valence-electron chi connectivity index (χ1n) is 8.84. The van der Waals surface area contributed by atoms with Crippen LogP contribution >= 0.6 is 0 Å². The van der Waals surface area contributed by atoms with E-state index >= 15 is 0 Å². The second-order valence-electron chi connectivity index (χ2n) is 5.28. The maximum Gasteiger partial charge on any atom is 0.132 e. The predicted octanol–water partition coefficient (Wildman–Crippen LogP) is 2.48. The number of benzene rings is 1. The summed E-state index contributed by atoms with van der Waals surface area (Å²) in [6.07, 6.45) is 2.28. The molecule has 0 saturated carbocycles. The first-order valence-corrected chi connectivity index (χ1v) is 6.84. The van der Waals surface area contributed by atoms with Gasteiger partial charge in [0.2, 0.25) is 0 Å². The minimum absolute atomic E-state index is 0.0192. The normalized spacial score (nSPS) is 29.6. The van der Waals surface area contributed by atoms with E-state index in [1.807, 2.05) is 36.4 Å². The van der Waals surface area contributed by atoms with Gasteiger partial charge in [-0.25, -0.2) is 4.98 Å². The lowest BCUT2D eigenvalue weighted by Crippen LogP contribution is -2.47. The number of likely N-dealkylation sites (N-methyl/N-ethyl adjacent to an activating group) is 1. The quantitative estimate of drug-likeness (QED) is 0.732. The summed E-state index contributed by atoms with van der Waals surface area (Å²) in [4.78, 5) is 7.45. The molecular weight excluding hydrogens is 246 g/mol. The van der Waals surface area contributed by atoms with Crippen molar-refractivity contribution in [1.82, 2.24) is 9.88 Å². The highest BCUT2D eigenvalue weighted by Crippen LogP contribution is 2.37. The number of piperazine rings is 1. The minimum atomic E-state index is -1.72. The zero-order valence-corrected chi connectivity index (χ0v) is 11.4. The van der Waals surface area contributed by atoms with E-state index in [9.17, 15) is 0 Å². The van der Waals surface area contributed by atoms with Gasteiger partial charge in [-0.2, -0.15) is 0 Å². The first kappa shape index (κ1) is 8.42. The van der Waals surface area contributed by atoms with Crippen LogP contribution in [-0.4, -0.2) is 36.5 Å². The summed E-state index contributed by atoms with van der Waals surface area (Å²) in [5.41, 5.74) is 2.78. The molecule has 0 bridgehead atoms. The van der Waals surface area contributed by atoms with Crippen molar-refractivity contribution in [3.05, 3.63) is 59.3 Å². The van der Waals surface area contributed by atoms with Crippen LogP contribution in [0.2, 0.25) is 0 Å². The Bertz CT molecular complexity index is 793. The molecule has 1 aromatic heterocycles. The zero-order valence-electron chi connectivity index (χ0n) is 15.4. The standard InChI is InChI=1S/C17H19N3/c1-19-9-10-20-16(12-19)15-7-3-2-5-13(15)11-14-6-4-8-18-17(14)20/h2-8,16H,9-12H2,1H3/i10D2,12D2. The Morgan fingerprint density at radius 2 is 2.05 bits per heavy atom. The van der Waals surface area contributed by atoms with Crippen LogP contribution in [-0.2, 0) is 6.42 Å². The van der Waals surface area contributed by atoms with Crippen LogP contribution in [0.4, 0.5) is 5.82 Å². The molecule has 0 spiro atoms. The number of rotatable bonds is 0. The third kappa shape index (κ3) is 1.81. The highest BCUT2D eigenvalue weighted by molar-refractivity contribution is 5.56. The van der Waals surface area contributed by atoms with Crippen molar-refractivity contribution in [2.24, 2.45) is 0 Å².